The number of fused-ring (bicyclic) bond motifs is 2. The zero-order valence-electron chi connectivity index (χ0n) is 12.4. The maximum Gasteiger partial charge on any atom is 0.119 e. The van der Waals surface area contributed by atoms with Crippen LogP contribution < -0.4 is 0 Å². The van der Waals surface area contributed by atoms with Gasteiger partial charge in [0.1, 0.15) is 5.75 Å². The van der Waals surface area contributed by atoms with Crippen molar-refractivity contribution < 1.29 is 5.11 Å². The Kier molecular flexibility index (Phi) is 3.24. The number of benzene rings is 1. The molecule has 1 N–H and O–H groups in total. The zero-order chi connectivity index (χ0) is 13.5. The third-order valence-corrected chi connectivity index (χ3v) is 6.26. The Morgan fingerprint density at radius 1 is 0.900 bits per heavy atom. The lowest BCUT2D eigenvalue weighted by Crippen LogP contribution is -2.10. The first-order chi connectivity index (χ1) is 9.81. The summed E-state index contributed by atoms with van der Waals surface area (Å²) in [4.78, 5) is 0. The first-order valence-corrected chi connectivity index (χ1v) is 8.64. The maximum absolute atomic E-state index is 10.3. The van der Waals surface area contributed by atoms with Gasteiger partial charge >= 0.3 is 0 Å². The van der Waals surface area contributed by atoms with Crippen LogP contribution in [0.3, 0.4) is 0 Å². The summed E-state index contributed by atoms with van der Waals surface area (Å²) >= 11 is 0. The van der Waals surface area contributed by atoms with Gasteiger partial charge in [-0.3, -0.25) is 0 Å². The molecule has 20 heavy (non-hydrogen) atoms. The van der Waals surface area contributed by atoms with Crippen LogP contribution in [0.1, 0.15) is 80.8 Å². The van der Waals surface area contributed by atoms with Crippen LogP contribution in [0.5, 0.6) is 5.75 Å². The fraction of sp³-hybridized carbons (Fsp3) is 0.684. The van der Waals surface area contributed by atoms with Gasteiger partial charge in [-0.25, -0.2) is 0 Å². The highest BCUT2D eigenvalue weighted by molar-refractivity contribution is 5.41. The zero-order valence-corrected chi connectivity index (χ0v) is 12.4. The van der Waals surface area contributed by atoms with Crippen LogP contribution >= 0.6 is 0 Å². The number of aromatic hydroxyl groups is 1. The Morgan fingerprint density at radius 2 is 1.75 bits per heavy atom. The van der Waals surface area contributed by atoms with Crippen molar-refractivity contribution in [2.75, 3.05) is 0 Å². The predicted octanol–water partition coefficient (Wildman–Crippen LogP) is 5.34. The molecule has 3 saturated carbocycles. The molecule has 0 saturated heterocycles. The molecule has 108 valence electrons. The molecule has 1 nitrogen and oxygen atoms in total. The van der Waals surface area contributed by atoms with Crippen LogP contribution in [0.4, 0.5) is 0 Å². The van der Waals surface area contributed by atoms with Crippen LogP contribution in [0.25, 0.3) is 0 Å². The van der Waals surface area contributed by atoms with Crippen molar-refractivity contribution in [1.82, 2.24) is 0 Å². The lowest BCUT2D eigenvalue weighted by atomic mass is 9.79. The first kappa shape index (κ1) is 12.7. The minimum Gasteiger partial charge on any atom is -0.508 e. The molecule has 0 aliphatic heterocycles. The fourth-order valence-electron chi connectivity index (χ4n) is 5.20. The minimum absolute atomic E-state index is 0.545. The van der Waals surface area contributed by atoms with Crippen molar-refractivity contribution in [3.05, 3.63) is 29.3 Å². The smallest absolute Gasteiger partial charge is 0.119 e. The first-order valence-electron chi connectivity index (χ1n) is 8.64. The van der Waals surface area contributed by atoms with E-state index in [0.717, 1.165) is 17.8 Å². The summed E-state index contributed by atoms with van der Waals surface area (Å²) in [6.07, 6.45) is 12.4. The molecule has 1 heteroatoms. The second kappa shape index (κ2) is 5.09. The molecule has 3 unspecified atom stereocenters. The largest absolute Gasteiger partial charge is 0.508 e. The molecule has 3 fully saturated rings. The Balaban J connectivity index is 1.61. The van der Waals surface area contributed by atoms with Crippen molar-refractivity contribution in [2.45, 2.75) is 69.6 Å². The van der Waals surface area contributed by atoms with E-state index in [0.29, 0.717) is 11.7 Å². The number of hydrogen-bond acceptors (Lipinski definition) is 1. The summed E-state index contributed by atoms with van der Waals surface area (Å²) in [5.41, 5.74) is 2.78. The summed E-state index contributed by atoms with van der Waals surface area (Å²) in [6, 6.07) is 6.55. The Hall–Kier alpha value is -0.980. The summed E-state index contributed by atoms with van der Waals surface area (Å²) in [5.74, 6) is 3.88. The van der Waals surface area contributed by atoms with Gasteiger partial charge < -0.3 is 5.11 Å². The van der Waals surface area contributed by atoms with Gasteiger partial charge in [0.05, 0.1) is 0 Å². The van der Waals surface area contributed by atoms with Crippen LogP contribution in [0.2, 0.25) is 0 Å². The molecule has 0 spiro atoms. The van der Waals surface area contributed by atoms with Gasteiger partial charge in [-0.1, -0.05) is 37.8 Å². The summed E-state index contributed by atoms with van der Waals surface area (Å²) in [7, 11) is 0. The van der Waals surface area contributed by atoms with E-state index in [9.17, 15) is 5.11 Å². The van der Waals surface area contributed by atoms with E-state index < -0.39 is 0 Å². The second-order valence-electron chi connectivity index (χ2n) is 7.43. The Morgan fingerprint density at radius 3 is 2.45 bits per heavy atom. The van der Waals surface area contributed by atoms with Crippen molar-refractivity contribution >= 4 is 0 Å². The van der Waals surface area contributed by atoms with Gasteiger partial charge in [-0.15, -0.1) is 0 Å². The normalized spacial score (nSPS) is 33.7. The number of phenols is 1. The molecule has 0 radical (unpaired) electrons. The SMILES string of the molecule is Oc1ccc(C2CC3CCC2C3)cc1C1CCCCC1. The second-order valence-corrected chi connectivity index (χ2v) is 7.43. The van der Waals surface area contributed by atoms with Crippen LogP contribution in [0, 0.1) is 11.8 Å². The van der Waals surface area contributed by atoms with Crippen molar-refractivity contribution in [3.8, 4) is 5.75 Å². The minimum atomic E-state index is 0.545. The van der Waals surface area contributed by atoms with E-state index in [2.05, 4.69) is 12.1 Å². The quantitative estimate of drug-likeness (QED) is 0.768. The molecule has 0 heterocycles. The average molecular weight is 270 g/mol. The highest BCUT2D eigenvalue weighted by atomic mass is 16.3. The molecule has 3 aliphatic rings. The van der Waals surface area contributed by atoms with Crippen molar-refractivity contribution in [3.63, 3.8) is 0 Å². The van der Waals surface area contributed by atoms with E-state index in [-0.39, 0.29) is 0 Å². The van der Waals surface area contributed by atoms with Crippen molar-refractivity contribution in [2.24, 2.45) is 11.8 Å². The molecule has 2 bridgehead atoms. The molecule has 4 rings (SSSR count). The van der Waals surface area contributed by atoms with Gasteiger partial charge in [0.2, 0.25) is 0 Å². The summed E-state index contributed by atoms with van der Waals surface area (Å²) < 4.78 is 0. The molecule has 3 aliphatic carbocycles. The predicted molar refractivity (Wildman–Crippen MR) is 82.1 cm³/mol. The van der Waals surface area contributed by atoms with Crippen LogP contribution in [-0.4, -0.2) is 5.11 Å². The highest BCUT2D eigenvalue weighted by Gasteiger charge is 2.40. The molecular weight excluding hydrogens is 244 g/mol. The maximum atomic E-state index is 10.3. The van der Waals surface area contributed by atoms with Gasteiger partial charge in [-0.2, -0.15) is 0 Å². The Bertz CT molecular complexity index is 487. The van der Waals surface area contributed by atoms with Gasteiger partial charge in [0.25, 0.3) is 0 Å². The lowest BCUT2D eigenvalue weighted by molar-refractivity contribution is 0.406. The molecule has 1 aromatic carbocycles. The van der Waals surface area contributed by atoms with Crippen LogP contribution in [0.15, 0.2) is 18.2 Å². The van der Waals surface area contributed by atoms with E-state index in [4.69, 9.17) is 0 Å². The third kappa shape index (κ3) is 2.16. The molecule has 0 aromatic heterocycles. The van der Waals surface area contributed by atoms with E-state index in [1.807, 2.05) is 6.07 Å². The van der Waals surface area contributed by atoms with Gasteiger partial charge in [0.15, 0.2) is 0 Å². The molecule has 3 atom stereocenters. The van der Waals surface area contributed by atoms with E-state index in [1.54, 1.807) is 0 Å². The van der Waals surface area contributed by atoms with Crippen LogP contribution in [-0.2, 0) is 0 Å². The van der Waals surface area contributed by atoms with Gasteiger partial charge in [0, 0.05) is 0 Å². The topological polar surface area (TPSA) is 20.2 Å². The highest BCUT2D eigenvalue weighted by Crippen LogP contribution is 2.53. The number of hydrogen-bond donors (Lipinski definition) is 1. The standard InChI is InChI=1S/C19H26O/c20-19-9-8-16(17-11-13-6-7-15(17)10-13)12-18(19)14-4-2-1-3-5-14/h8-9,12-15,17,20H,1-7,10-11H2. The molecule has 1 aromatic rings. The van der Waals surface area contributed by atoms with E-state index >= 15 is 0 Å². The third-order valence-electron chi connectivity index (χ3n) is 6.26. The molecular formula is C19H26O. The summed E-state index contributed by atoms with van der Waals surface area (Å²) in [5, 5.41) is 10.3. The van der Waals surface area contributed by atoms with Gasteiger partial charge in [-0.05, 0) is 73.0 Å². The fourth-order valence-corrected chi connectivity index (χ4v) is 5.20. The number of phenolic OH excluding ortho intramolecular Hbond substituents is 1. The lowest BCUT2D eigenvalue weighted by Gasteiger charge is -2.26. The molecule has 0 amide bonds. The summed E-state index contributed by atoms with van der Waals surface area (Å²) in [6.45, 7) is 0. The van der Waals surface area contributed by atoms with E-state index in [1.165, 1.54) is 68.9 Å². The van der Waals surface area contributed by atoms with Crippen molar-refractivity contribution in [1.29, 1.82) is 0 Å². The number of rotatable bonds is 2. The average Bonchev–Trinajstić information content (AvgIpc) is 3.11. The monoisotopic (exact) mass is 270 g/mol. The Labute approximate surface area is 122 Å².